The smallest absolute Gasteiger partial charge is 0.333 e. The van der Waals surface area contributed by atoms with Gasteiger partial charge in [-0.15, -0.1) is 0 Å². The Bertz CT molecular complexity index is 592. The molecule has 1 atom stereocenters. The zero-order chi connectivity index (χ0) is 17.5. The van der Waals surface area contributed by atoms with Crippen molar-refractivity contribution < 1.29 is 14.3 Å². The van der Waals surface area contributed by atoms with Crippen molar-refractivity contribution in [3.8, 4) is 5.75 Å². The summed E-state index contributed by atoms with van der Waals surface area (Å²) >= 11 is 11.8. The molecule has 0 saturated heterocycles. The van der Waals surface area contributed by atoms with Gasteiger partial charge in [0.25, 0.3) is 5.91 Å². The molecule has 1 aliphatic rings. The van der Waals surface area contributed by atoms with Gasteiger partial charge in [-0.2, -0.15) is 0 Å². The average molecular weight is 374 g/mol. The second-order valence-corrected chi connectivity index (χ2v) is 6.60. The summed E-state index contributed by atoms with van der Waals surface area (Å²) in [6.07, 6.45) is 4.54. The molecule has 0 radical (unpaired) electrons. The molecule has 0 heterocycles. The van der Waals surface area contributed by atoms with E-state index in [2.05, 4.69) is 16.2 Å². The Hall–Kier alpha value is -1.66. The lowest BCUT2D eigenvalue weighted by molar-refractivity contribution is -0.128. The lowest BCUT2D eigenvalue weighted by Gasteiger charge is -2.23. The Kier molecular flexibility index (Phi) is 6.99. The van der Waals surface area contributed by atoms with Crippen LogP contribution in [0.4, 0.5) is 4.79 Å². The van der Waals surface area contributed by atoms with E-state index in [1.807, 2.05) is 0 Å². The van der Waals surface area contributed by atoms with Crippen molar-refractivity contribution in [3.05, 3.63) is 28.2 Å². The number of nitrogens with one attached hydrogen (secondary N) is 3. The van der Waals surface area contributed by atoms with Crippen molar-refractivity contribution in [3.63, 3.8) is 0 Å². The summed E-state index contributed by atoms with van der Waals surface area (Å²) in [6, 6.07) is 4.46. The molecule has 1 unspecified atom stereocenters. The number of urea groups is 1. The van der Waals surface area contributed by atoms with Crippen molar-refractivity contribution in [2.45, 2.75) is 51.2 Å². The number of amides is 3. The van der Waals surface area contributed by atoms with Crippen LogP contribution in [0.25, 0.3) is 0 Å². The van der Waals surface area contributed by atoms with Crippen LogP contribution in [-0.4, -0.2) is 24.1 Å². The Morgan fingerprint density at radius 3 is 2.54 bits per heavy atom. The van der Waals surface area contributed by atoms with E-state index in [-0.39, 0.29) is 6.04 Å². The van der Waals surface area contributed by atoms with Gasteiger partial charge in [0.2, 0.25) is 0 Å². The van der Waals surface area contributed by atoms with Crippen LogP contribution in [0.2, 0.25) is 10.0 Å². The van der Waals surface area contributed by atoms with Crippen LogP contribution in [0.15, 0.2) is 18.2 Å². The van der Waals surface area contributed by atoms with Gasteiger partial charge in [-0.25, -0.2) is 10.2 Å². The molecule has 8 heteroatoms. The third-order valence-corrected chi connectivity index (χ3v) is 4.34. The molecule has 0 bridgehead atoms. The number of hydrogen-bond donors (Lipinski definition) is 3. The van der Waals surface area contributed by atoms with Gasteiger partial charge < -0.3 is 10.1 Å². The fraction of sp³-hybridized carbons (Fsp3) is 0.500. The van der Waals surface area contributed by atoms with Crippen LogP contribution in [0.3, 0.4) is 0 Å². The topological polar surface area (TPSA) is 79.5 Å². The van der Waals surface area contributed by atoms with E-state index in [9.17, 15) is 9.59 Å². The second kappa shape index (κ2) is 8.99. The highest BCUT2D eigenvalue weighted by atomic mass is 35.5. The minimum atomic E-state index is -0.835. The highest BCUT2D eigenvalue weighted by Crippen LogP contribution is 2.28. The predicted molar refractivity (Wildman–Crippen MR) is 93.2 cm³/mol. The molecule has 0 aromatic heterocycles. The number of carbonyl (C=O) groups is 2. The zero-order valence-electron chi connectivity index (χ0n) is 13.4. The molecule has 0 aliphatic heterocycles. The van der Waals surface area contributed by atoms with Gasteiger partial charge in [-0.1, -0.05) is 42.5 Å². The van der Waals surface area contributed by atoms with Gasteiger partial charge >= 0.3 is 6.03 Å². The quantitative estimate of drug-likeness (QED) is 0.707. The van der Waals surface area contributed by atoms with Crippen LogP contribution in [0.5, 0.6) is 5.75 Å². The molecule has 1 aromatic carbocycles. The Labute approximate surface area is 151 Å². The third kappa shape index (κ3) is 5.76. The maximum absolute atomic E-state index is 12.0. The number of hydrogen-bond acceptors (Lipinski definition) is 3. The van der Waals surface area contributed by atoms with Crippen molar-refractivity contribution in [1.82, 2.24) is 16.2 Å². The third-order valence-electron chi connectivity index (χ3n) is 3.81. The number of hydrazine groups is 1. The van der Waals surface area contributed by atoms with Crippen LogP contribution < -0.4 is 20.9 Å². The van der Waals surface area contributed by atoms with Crippen LogP contribution >= 0.6 is 23.2 Å². The lowest BCUT2D eigenvalue weighted by Crippen LogP contribution is -2.52. The Balaban J connectivity index is 1.75. The summed E-state index contributed by atoms with van der Waals surface area (Å²) in [7, 11) is 0. The summed E-state index contributed by atoms with van der Waals surface area (Å²) in [5, 5.41) is 3.62. The maximum Gasteiger partial charge on any atom is 0.333 e. The number of carbonyl (C=O) groups excluding carboxylic acids is 2. The van der Waals surface area contributed by atoms with Gasteiger partial charge in [-0.05, 0) is 38.0 Å². The molecule has 3 amide bonds. The van der Waals surface area contributed by atoms with Crippen LogP contribution in [0, 0.1) is 0 Å². The van der Waals surface area contributed by atoms with Crippen molar-refractivity contribution in [2.75, 3.05) is 0 Å². The molecule has 24 heavy (non-hydrogen) atoms. The first-order valence-corrected chi connectivity index (χ1v) is 8.69. The van der Waals surface area contributed by atoms with E-state index in [1.165, 1.54) is 12.5 Å². The first-order chi connectivity index (χ1) is 11.5. The number of halogens is 2. The minimum absolute atomic E-state index is 0.164. The molecule has 1 aromatic rings. The standard InChI is InChI=1S/C16H21Cl2N3O3/c1-10(24-14-8-7-11(17)9-13(14)18)15(22)20-21-16(23)19-12-5-3-2-4-6-12/h7-10,12H,2-6H2,1H3,(H,20,22)(H2,19,21,23). The van der Waals surface area contributed by atoms with Gasteiger partial charge in [0.1, 0.15) is 5.75 Å². The number of benzene rings is 1. The fourth-order valence-electron chi connectivity index (χ4n) is 2.50. The molecule has 3 N–H and O–H groups in total. The summed E-state index contributed by atoms with van der Waals surface area (Å²) < 4.78 is 5.47. The van der Waals surface area contributed by atoms with E-state index >= 15 is 0 Å². The number of ether oxygens (including phenoxy) is 1. The van der Waals surface area contributed by atoms with Crippen molar-refractivity contribution in [1.29, 1.82) is 0 Å². The summed E-state index contributed by atoms with van der Waals surface area (Å²) in [4.78, 5) is 23.7. The summed E-state index contributed by atoms with van der Waals surface area (Å²) in [5.41, 5.74) is 4.66. The number of rotatable bonds is 4. The Morgan fingerprint density at radius 2 is 1.88 bits per heavy atom. The molecule has 0 spiro atoms. The van der Waals surface area contributed by atoms with E-state index in [0.717, 1.165) is 25.7 Å². The van der Waals surface area contributed by atoms with Crippen molar-refractivity contribution in [2.24, 2.45) is 0 Å². The van der Waals surface area contributed by atoms with E-state index in [0.29, 0.717) is 15.8 Å². The van der Waals surface area contributed by atoms with Gasteiger partial charge in [0.05, 0.1) is 5.02 Å². The minimum Gasteiger partial charge on any atom is -0.479 e. The molecule has 132 valence electrons. The van der Waals surface area contributed by atoms with E-state index in [4.69, 9.17) is 27.9 Å². The second-order valence-electron chi connectivity index (χ2n) is 5.76. The molecule has 2 rings (SSSR count). The van der Waals surface area contributed by atoms with Gasteiger partial charge in [0.15, 0.2) is 6.10 Å². The van der Waals surface area contributed by atoms with E-state index in [1.54, 1.807) is 19.1 Å². The normalized spacial score (nSPS) is 16.1. The van der Waals surface area contributed by atoms with Crippen LogP contribution in [-0.2, 0) is 4.79 Å². The fourth-order valence-corrected chi connectivity index (χ4v) is 2.96. The summed E-state index contributed by atoms with van der Waals surface area (Å²) in [5.74, 6) is -0.143. The van der Waals surface area contributed by atoms with Gasteiger partial charge in [0, 0.05) is 11.1 Å². The largest absolute Gasteiger partial charge is 0.479 e. The highest BCUT2D eigenvalue weighted by molar-refractivity contribution is 6.35. The maximum atomic E-state index is 12.0. The first kappa shape index (κ1) is 18.7. The monoisotopic (exact) mass is 373 g/mol. The molecular formula is C16H21Cl2N3O3. The van der Waals surface area contributed by atoms with Crippen molar-refractivity contribution >= 4 is 35.1 Å². The van der Waals surface area contributed by atoms with Gasteiger partial charge in [-0.3, -0.25) is 10.2 Å². The SMILES string of the molecule is CC(Oc1ccc(Cl)cc1Cl)C(=O)NNC(=O)NC1CCCCC1. The molecule has 1 aliphatic carbocycles. The first-order valence-electron chi connectivity index (χ1n) is 7.94. The molecule has 1 saturated carbocycles. The molecular weight excluding hydrogens is 353 g/mol. The highest BCUT2D eigenvalue weighted by Gasteiger charge is 2.19. The summed E-state index contributed by atoms with van der Waals surface area (Å²) in [6.45, 7) is 1.56. The average Bonchev–Trinajstić information content (AvgIpc) is 2.56. The molecule has 1 fully saturated rings. The van der Waals surface area contributed by atoms with E-state index < -0.39 is 18.0 Å². The van der Waals surface area contributed by atoms with Crippen LogP contribution in [0.1, 0.15) is 39.0 Å². The molecule has 6 nitrogen and oxygen atoms in total. The predicted octanol–water partition coefficient (Wildman–Crippen LogP) is 3.42. The Morgan fingerprint density at radius 1 is 1.17 bits per heavy atom. The zero-order valence-corrected chi connectivity index (χ0v) is 14.9. The lowest BCUT2D eigenvalue weighted by atomic mass is 9.96.